The molecule has 0 aliphatic heterocycles. The Kier molecular flexibility index (Phi) is 3.65. The molecule has 6 heteroatoms. The summed E-state index contributed by atoms with van der Waals surface area (Å²) in [5, 5.41) is 12.0. The van der Waals surface area contributed by atoms with E-state index in [1.54, 1.807) is 29.7 Å². The molecule has 0 bridgehead atoms. The number of anilines is 1. The molecular formula is C16H15N3O3. The maximum atomic E-state index is 12.2. The first-order chi connectivity index (χ1) is 10.6. The number of imidazole rings is 1. The summed E-state index contributed by atoms with van der Waals surface area (Å²) in [6.07, 6.45) is 2.81. The monoisotopic (exact) mass is 297 g/mol. The van der Waals surface area contributed by atoms with Crippen LogP contribution in [0.15, 0.2) is 54.9 Å². The number of fused-ring (bicyclic) bond motifs is 1. The number of carbonyl (C=O) groups is 1. The average Bonchev–Trinajstić information content (AvgIpc) is 2.93. The zero-order valence-electron chi connectivity index (χ0n) is 11.9. The van der Waals surface area contributed by atoms with Crippen LogP contribution < -0.4 is 10.1 Å². The number of amides is 1. The van der Waals surface area contributed by atoms with Crippen molar-refractivity contribution in [2.45, 2.75) is 13.0 Å². The predicted molar refractivity (Wildman–Crippen MR) is 82.0 cm³/mol. The molecule has 0 radical (unpaired) electrons. The standard InChI is InChI=1S/C16H15N3O3/c1-11(22-14-7-5-13(20)6-8-14)15(21)18-16-17-10-12-4-2-3-9-19(12)16/h2-11,20H,1H3,(H,17,18,21). The van der Waals surface area contributed by atoms with Crippen LogP contribution in [-0.4, -0.2) is 26.5 Å². The summed E-state index contributed by atoms with van der Waals surface area (Å²) in [6.45, 7) is 1.65. The Hall–Kier alpha value is -3.02. The van der Waals surface area contributed by atoms with E-state index in [-0.39, 0.29) is 11.7 Å². The van der Waals surface area contributed by atoms with Gasteiger partial charge in [-0.3, -0.25) is 14.5 Å². The van der Waals surface area contributed by atoms with E-state index in [9.17, 15) is 9.90 Å². The van der Waals surface area contributed by atoms with Gasteiger partial charge in [-0.1, -0.05) is 6.07 Å². The van der Waals surface area contributed by atoms with Crippen molar-refractivity contribution in [3.05, 3.63) is 54.9 Å². The van der Waals surface area contributed by atoms with Gasteiger partial charge in [-0.25, -0.2) is 4.98 Å². The van der Waals surface area contributed by atoms with E-state index in [0.717, 1.165) is 5.52 Å². The molecule has 3 aromatic rings. The van der Waals surface area contributed by atoms with Gasteiger partial charge >= 0.3 is 0 Å². The molecular weight excluding hydrogens is 282 g/mol. The highest BCUT2D eigenvalue weighted by atomic mass is 16.5. The highest BCUT2D eigenvalue weighted by molar-refractivity contribution is 5.93. The van der Waals surface area contributed by atoms with Gasteiger partial charge in [-0.15, -0.1) is 0 Å². The second-order valence-corrected chi connectivity index (χ2v) is 4.82. The first-order valence-corrected chi connectivity index (χ1v) is 6.82. The summed E-state index contributed by atoms with van der Waals surface area (Å²) >= 11 is 0. The van der Waals surface area contributed by atoms with Crippen molar-refractivity contribution in [1.29, 1.82) is 0 Å². The molecule has 0 aliphatic carbocycles. The van der Waals surface area contributed by atoms with Gasteiger partial charge in [0.1, 0.15) is 11.5 Å². The molecule has 1 unspecified atom stereocenters. The van der Waals surface area contributed by atoms with Gasteiger partial charge in [0.05, 0.1) is 11.7 Å². The number of phenolic OH excluding ortho intramolecular Hbond substituents is 1. The molecule has 0 saturated heterocycles. The van der Waals surface area contributed by atoms with Crippen LogP contribution in [0.1, 0.15) is 6.92 Å². The third kappa shape index (κ3) is 2.85. The van der Waals surface area contributed by atoms with E-state index in [1.807, 2.05) is 24.4 Å². The topological polar surface area (TPSA) is 75.9 Å². The van der Waals surface area contributed by atoms with E-state index in [4.69, 9.17) is 4.74 Å². The summed E-state index contributed by atoms with van der Waals surface area (Å²) in [5.41, 5.74) is 0.893. The quantitative estimate of drug-likeness (QED) is 0.775. The summed E-state index contributed by atoms with van der Waals surface area (Å²) in [7, 11) is 0. The highest BCUT2D eigenvalue weighted by Gasteiger charge is 2.17. The number of hydrogen-bond acceptors (Lipinski definition) is 4. The van der Waals surface area contributed by atoms with Crippen LogP contribution in [0.3, 0.4) is 0 Å². The molecule has 0 spiro atoms. The predicted octanol–water partition coefficient (Wildman–Crippen LogP) is 2.45. The largest absolute Gasteiger partial charge is 0.508 e. The molecule has 1 amide bonds. The van der Waals surface area contributed by atoms with Crippen molar-refractivity contribution in [1.82, 2.24) is 9.38 Å². The molecule has 22 heavy (non-hydrogen) atoms. The lowest BCUT2D eigenvalue weighted by atomic mass is 10.3. The normalized spacial score (nSPS) is 12.0. The zero-order valence-corrected chi connectivity index (χ0v) is 11.9. The van der Waals surface area contributed by atoms with Gasteiger partial charge in [0, 0.05) is 6.20 Å². The van der Waals surface area contributed by atoms with Crippen molar-refractivity contribution in [3.63, 3.8) is 0 Å². The number of ether oxygens (including phenoxy) is 1. The molecule has 0 fully saturated rings. The number of hydrogen-bond donors (Lipinski definition) is 2. The summed E-state index contributed by atoms with van der Waals surface area (Å²) in [5.74, 6) is 0.799. The fourth-order valence-corrected chi connectivity index (χ4v) is 2.03. The van der Waals surface area contributed by atoms with Crippen LogP contribution >= 0.6 is 0 Å². The molecule has 2 heterocycles. The minimum absolute atomic E-state index is 0.147. The van der Waals surface area contributed by atoms with Crippen LogP contribution in [0.25, 0.3) is 5.52 Å². The van der Waals surface area contributed by atoms with Crippen LogP contribution in [-0.2, 0) is 4.79 Å². The lowest BCUT2D eigenvalue weighted by Crippen LogP contribution is -2.30. The Morgan fingerprint density at radius 3 is 2.82 bits per heavy atom. The molecule has 3 rings (SSSR count). The lowest BCUT2D eigenvalue weighted by molar-refractivity contribution is -0.122. The van der Waals surface area contributed by atoms with Crippen molar-refractivity contribution < 1.29 is 14.6 Å². The van der Waals surface area contributed by atoms with Gasteiger partial charge < -0.3 is 9.84 Å². The third-order valence-electron chi connectivity index (χ3n) is 3.19. The average molecular weight is 297 g/mol. The van der Waals surface area contributed by atoms with Crippen molar-refractivity contribution in [2.75, 3.05) is 5.32 Å². The number of carbonyl (C=O) groups excluding carboxylic acids is 1. The van der Waals surface area contributed by atoms with Crippen LogP contribution in [0.4, 0.5) is 5.95 Å². The van der Waals surface area contributed by atoms with Gasteiger partial charge in [-0.2, -0.15) is 0 Å². The summed E-state index contributed by atoms with van der Waals surface area (Å²) in [6, 6.07) is 11.9. The molecule has 112 valence electrons. The Morgan fingerprint density at radius 2 is 2.05 bits per heavy atom. The second kappa shape index (κ2) is 5.77. The Balaban J connectivity index is 1.69. The third-order valence-corrected chi connectivity index (χ3v) is 3.19. The molecule has 1 aromatic carbocycles. The molecule has 1 atom stereocenters. The maximum absolute atomic E-state index is 12.2. The lowest BCUT2D eigenvalue weighted by Gasteiger charge is -2.14. The summed E-state index contributed by atoms with van der Waals surface area (Å²) < 4.78 is 7.31. The van der Waals surface area contributed by atoms with Gasteiger partial charge in [0.2, 0.25) is 5.95 Å². The Morgan fingerprint density at radius 1 is 1.27 bits per heavy atom. The first-order valence-electron chi connectivity index (χ1n) is 6.82. The van der Waals surface area contributed by atoms with Crippen LogP contribution in [0.5, 0.6) is 11.5 Å². The zero-order chi connectivity index (χ0) is 15.5. The van der Waals surface area contributed by atoms with Gasteiger partial charge in [0.25, 0.3) is 5.91 Å². The van der Waals surface area contributed by atoms with Crippen molar-refractivity contribution >= 4 is 17.4 Å². The van der Waals surface area contributed by atoms with E-state index in [1.165, 1.54) is 12.1 Å². The van der Waals surface area contributed by atoms with E-state index in [0.29, 0.717) is 11.7 Å². The van der Waals surface area contributed by atoms with Gasteiger partial charge in [-0.05, 0) is 43.3 Å². The maximum Gasteiger partial charge on any atom is 0.267 e. The molecule has 6 nitrogen and oxygen atoms in total. The second-order valence-electron chi connectivity index (χ2n) is 4.82. The Labute approximate surface area is 127 Å². The number of aromatic hydroxyl groups is 1. The van der Waals surface area contributed by atoms with Crippen molar-refractivity contribution in [2.24, 2.45) is 0 Å². The fourth-order valence-electron chi connectivity index (χ4n) is 2.03. The number of phenols is 1. The SMILES string of the molecule is CC(Oc1ccc(O)cc1)C(=O)Nc1ncc2ccccn12. The van der Waals surface area contributed by atoms with Crippen LogP contribution in [0.2, 0.25) is 0 Å². The van der Waals surface area contributed by atoms with E-state index in [2.05, 4.69) is 10.3 Å². The minimum atomic E-state index is -0.694. The Bertz CT molecular complexity index is 796. The van der Waals surface area contributed by atoms with Crippen LogP contribution in [0, 0.1) is 0 Å². The van der Waals surface area contributed by atoms with E-state index < -0.39 is 6.10 Å². The fraction of sp³-hybridized carbons (Fsp3) is 0.125. The minimum Gasteiger partial charge on any atom is -0.508 e. The molecule has 0 saturated carbocycles. The summed E-state index contributed by atoms with van der Waals surface area (Å²) in [4.78, 5) is 16.4. The first kappa shape index (κ1) is 13.9. The number of rotatable bonds is 4. The highest BCUT2D eigenvalue weighted by Crippen LogP contribution is 2.18. The van der Waals surface area contributed by atoms with Gasteiger partial charge in [0.15, 0.2) is 6.10 Å². The smallest absolute Gasteiger partial charge is 0.267 e. The van der Waals surface area contributed by atoms with Crippen molar-refractivity contribution in [3.8, 4) is 11.5 Å². The number of aromatic nitrogens is 2. The molecule has 2 N–H and O–H groups in total. The molecule has 2 aromatic heterocycles. The number of pyridine rings is 1. The number of nitrogens with zero attached hydrogens (tertiary/aromatic N) is 2. The number of benzene rings is 1. The van der Waals surface area contributed by atoms with E-state index >= 15 is 0 Å². The number of nitrogens with one attached hydrogen (secondary N) is 1. The molecule has 0 aliphatic rings.